The van der Waals surface area contributed by atoms with Gasteiger partial charge in [-0.15, -0.1) is 0 Å². The molecule has 0 atom stereocenters. The zero-order valence-electron chi connectivity index (χ0n) is 17.9. The molecular formula is C24H28N4O3. The van der Waals surface area contributed by atoms with Crippen LogP contribution in [0, 0.1) is 5.92 Å². The monoisotopic (exact) mass is 420 g/mol. The van der Waals surface area contributed by atoms with Crippen LogP contribution in [0.15, 0.2) is 53.3 Å². The van der Waals surface area contributed by atoms with E-state index in [2.05, 4.69) is 15.5 Å². The van der Waals surface area contributed by atoms with E-state index in [1.54, 1.807) is 28.8 Å². The van der Waals surface area contributed by atoms with Crippen molar-refractivity contribution in [2.75, 3.05) is 36.4 Å². The van der Waals surface area contributed by atoms with E-state index in [9.17, 15) is 14.7 Å². The molecule has 1 amide bonds. The number of aromatic nitrogens is 1. The lowest BCUT2D eigenvalue weighted by Crippen LogP contribution is -2.43. The summed E-state index contributed by atoms with van der Waals surface area (Å²) in [6.45, 7) is 8.09. The van der Waals surface area contributed by atoms with Gasteiger partial charge < -0.3 is 25.2 Å². The fraction of sp³-hybridized carbons (Fsp3) is 0.333. The van der Waals surface area contributed by atoms with Gasteiger partial charge in [0.25, 0.3) is 11.5 Å². The number of hydrogen-bond acceptors (Lipinski definition) is 5. The largest absolute Gasteiger partial charge is 0.506 e. The van der Waals surface area contributed by atoms with E-state index < -0.39 is 11.5 Å². The molecule has 3 N–H and O–H groups in total. The third kappa shape index (κ3) is 4.27. The number of piperazine rings is 1. The van der Waals surface area contributed by atoms with Crippen LogP contribution in [0.2, 0.25) is 0 Å². The molecule has 0 aliphatic carbocycles. The summed E-state index contributed by atoms with van der Waals surface area (Å²) in [6.07, 6.45) is 0. The Kier molecular flexibility index (Phi) is 5.95. The molecule has 2 heterocycles. The number of fused-ring (bicyclic) bond motifs is 1. The molecule has 0 saturated carbocycles. The van der Waals surface area contributed by atoms with Gasteiger partial charge in [-0.25, -0.2) is 0 Å². The minimum absolute atomic E-state index is 0.206. The Balaban J connectivity index is 1.70. The zero-order valence-corrected chi connectivity index (χ0v) is 17.9. The van der Waals surface area contributed by atoms with Crippen molar-refractivity contribution in [3.8, 4) is 5.75 Å². The molecule has 0 bridgehead atoms. The second-order valence-corrected chi connectivity index (χ2v) is 8.29. The van der Waals surface area contributed by atoms with Crippen LogP contribution in [0.3, 0.4) is 0 Å². The molecule has 1 fully saturated rings. The summed E-state index contributed by atoms with van der Waals surface area (Å²) < 4.78 is 1.58. The number of anilines is 2. The molecule has 1 aliphatic heterocycles. The Morgan fingerprint density at radius 3 is 2.61 bits per heavy atom. The molecule has 1 aliphatic rings. The van der Waals surface area contributed by atoms with Crippen LogP contribution < -0.4 is 21.1 Å². The van der Waals surface area contributed by atoms with Gasteiger partial charge in [-0.05, 0) is 36.2 Å². The summed E-state index contributed by atoms with van der Waals surface area (Å²) in [6, 6.07) is 14.7. The first-order chi connectivity index (χ1) is 15.0. The minimum Gasteiger partial charge on any atom is -0.506 e. The van der Waals surface area contributed by atoms with Gasteiger partial charge in [0.05, 0.1) is 5.52 Å². The first kappa shape index (κ1) is 20.9. The highest BCUT2D eigenvalue weighted by Gasteiger charge is 2.23. The Bertz CT molecular complexity index is 1160. The molecule has 0 spiro atoms. The second kappa shape index (κ2) is 8.81. The van der Waals surface area contributed by atoms with Crippen molar-refractivity contribution in [3.63, 3.8) is 0 Å². The van der Waals surface area contributed by atoms with Crippen LogP contribution in [0.5, 0.6) is 5.75 Å². The standard InChI is InChI=1S/C24H28N4O3/c1-16(2)15-28-20-9-4-3-8-19(20)22(29)21(24(28)31)23(30)26-17-6-5-7-18(14-17)27-12-10-25-11-13-27/h3-9,14,16,25,29H,10-13,15H2,1-2H3,(H,26,30). The molecule has 1 aromatic heterocycles. The molecule has 4 rings (SSSR count). The number of carbonyl (C=O) groups excluding carboxylic acids is 1. The Hall–Kier alpha value is -3.32. The van der Waals surface area contributed by atoms with E-state index in [1.807, 2.05) is 38.1 Å². The van der Waals surface area contributed by atoms with Crippen LogP contribution in [0.4, 0.5) is 11.4 Å². The average Bonchev–Trinajstić information content (AvgIpc) is 2.77. The van der Waals surface area contributed by atoms with Crippen LogP contribution in [-0.2, 0) is 6.54 Å². The van der Waals surface area contributed by atoms with Gasteiger partial charge in [0.2, 0.25) is 0 Å². The number of para-hydroxylation sites is 1. The number of pyridine rings is 1. The molecule has 3 aromatic rings. The minimum atomic E-state index is -0.608. The number of aromatic hydroxyl groups is 1. The lowest BCUT2D eigenvalue weighted by molar-refractivity contribution is 0.102. The maximum absolute atomic E-state index is 13.2. The fourth-order valence-corrected chi connectivity index (χ4v) is 4.04. The third-order valence-corrected chi connectivity index (χ3v) is 5.51. The van der Waals surface area contributed by atoms with Crippen LogP contribution >= 0.6 is 0 Å². The molecule has 7 heteroatoms. The van der Waals surface area contributed by atoms with Crippen molar-refractivity contribution in [1.29, 1.82) is 0 Å². The summed E-state index contributed by atoms with van der Waals surface area (Å²) in [7, 11) is 0. The number of carbonyl (C=O) groups is 1. The van der Waals surface area contributed by atoms with Crippen LogP contribution in [0.25, 0.3) is 10.9 Å². The Morgan fingerprint density at radius 1 is 1.13 bits per heavy atom. The van der Waals surface area contributed by atoms with E-state index >= 15 is 0 Å². The van der Waals surface area contributed by atoms with E-state index in [0.29, 0.717) is 23.1 Å². The van der Waals surface area contributed by atoms with Crippen molar-refractivity contribution in [3.05, 3.63) is 64.4 Å². The van der Waals surface area contributed by atoms with Crippen molar-refractivity contribution in [2.24, 2.45) is 5.92 Å². The predicted molar refractivity (Wildman–Crippen MR) is 124 cm³/mol. The van der Waals surface area contributed by atoms with Gasteiger partial charge in [0.1, 0.15) is 11.3 Å². The molecule has 0 unspecified atom stereocenters. The molecule has 1 saturated heterocycles. The summed E-state index contributed by atoms with van der Waals surface area (Å²) in [4.78, 5) is 28.6. The maximum atomic E-state index is 13.2. The SMILES string of the molecule is CC(C)Cn1c(=O)c(C(=O)Nc2cccc(N3CCNCC3)c2)c(O)c2ccccc21. The third-order valence-electron chi connectivity index (χ3n) is 5.51. The van der Waals surface area contributed by atoms with Gasteiger partial charge in [-0.1, -0.05) is 32.0 Å². The van der Waals surface area contributed by atoms with Crippen molar-refractivity contribution < 1.29 is 9.90 Å². The summed E-state index contributed by atoms with van der Waals surface area (Å²) in [5, 5.41) is 17.4. The van der Waals surface area contributed by atoms with Crippen LogP contribution in [0.1, 0.15) is 24.2 Å². The highest BCUT2D eigenvalue weighted by Crippen LogP contribution is 2.28. The lowest BCUT2D eigenvalue weighted by atomic mass is 10.1. The number of benzene rings is 2. The highest BCUT2D eigenvalue weighted by molar-refractivity contribution is 6.09. The first-order valence-corrected chi connectivity index (χ1v) is 10.7. The quantitative estimate of drug-likeness (QED) is 0.591. The molecule has 7 nitrogen and oxygen atoms in total. The topological polar surface area (TPSA) is 86.6 Å². The highest BCUT2D eigenvalue weighted by atomic mass is 16.3. The molecule has 31 heavy (non-hydrogen) atoms. The molecular weight excluding hydrogens is 392 g/mol. The predicted octanol–water partition coefficient (Wildman–Crippen LogP) is 3.03. The van der Waals surface area contributed by atoms with E-state index in [-0.39, 0.29) is 17.2 Å². The van der Waals surface area contributed by atoms with Gasteiger partial charge in [0.15, 0.2) is 0 Å². The fourth-order valence-electron chi connectivity index (χ4n) is 4.04. The van der Waals surface area contributed by atoms with Gasteiger partial charge in [-0.2, -0.15) is 0 Å². The number of rotatable bonds is 5. The number of nitrogens with zero attached hydrogens (tertiary/aromatic N) is 2. The lowest BCUT2D eigenvalue weighted by Gasteiger charge is -2.29. The van der Waals surface area contributed by atoms with E-state index in [4.69, 9.17) is 0 Å². The number of nitrogens with one attached hydrogen (secondary N) is 2. The maximum Gasteiger partial charge on any atom is 0.267 e. The molecule has 2 aromatic carbocycles. The number of amides is 1. The summed E-state index contributed by atoms with van der Waals surface area (Å²) >= 11 is 0. The Labute approximate surface area is 181 Å². The smallest absolute Gasteiger partial charge is 0.267 e. The van der Waals surface area contributed by atoms with Crippen molar-refractivity contribution in [1.82, 2.24) is 9.88 Å². The van der Waals surface area contributed by atoms with Gasteiger partial charge in [-0.3, -0.25) is 9.59 Å². The van der Waals surface area contributed by atoms with E-state index in [1.165, 1.54) is 0 Å². The average molecular weight is 421 g/mol. The first-order valence-electron chi connectivity index (χ1n) is 10.7. The van der Waals surface area contributed by atoms with Gasteiger partial charge in [0, 0.05) is 49.5 Å². The summed E-state index contributed by atoms with van der Waals surface area (Å²) in [5.41, 5.74) is 1.51. The van der Waals surface area contributed by atoms with E-state index in [0.717, 1.165) is 31.9 Å². The second-order valence-electron chi connectivity index (χ2n) is 8.29. The van der Waals surface area contributed by atoms with Gasteiger partial charge >= 0.3 is 0 Å². The summed E-state index contributed by atoms with van der Waals surface area (Å²) in [5.74, 6) is -0.683. The normalized spacial score (nSPS) is 14.2. The zero-order chi connectivity index (χ0) is 22.0. The van der Waals surface area contributed by atoms with Crippen molar-refractivity contribution in [2.45, 2.75) is 20.4 Å². The molecule has 0 radical (unpaired) electrons. The number of hydrogen-bond donors (Lipinski definition) is 3. The van der Waals surface area contributed by atoms with Crippen LogP contribution in [-0.4, -0.2) is 41.8 Å². The molecule has 162 valence electrons. The Morgan fingerprint density at radius 2 is 1.87 bits per heavy atom. The van der Waals surface area contributed by atoms with Crippen molar-refractivity contribution >= 4 is 28.2 Å².